The molecule has 1 saturated heterocycles. The molecule has 2 fully saturated rings. The zero-order chi connectivity index (χ0) is 21.4. The van der Waals surface area contributed by atoms with E-state index < -0.39 is 10.0 Å². The predicted octanol–water partition coefficient (Wildman–Crippen LogP) is 4.25. The van der Waals surface area contributed by atoms with Crippen molar-refractivity contribution in [2.24, 2.45) is 0 Å². The highest BCUT2D eigenvalue weighted by atomic mass is 32.2. The Morgan fingerprint density at radius 1 is 1.00 bits per heavy atom. The van der Waals surface area contributed by atoms with Crippen LogP contribution >= 0.6 is 0 Å². The molecule has 0 unspecified atom stereocenters. The lowest BCUT2D eigenvalue weighted by Crippen LogP contribution is -2.43. The van der Waals surface area contributed by atoms with Gasteiger partial charge >= 0.3 is 0 Å². The molecule has 1 aromatic heterocycles. The molecule has 162 valence electrons. The Hall–Kier alpha value is -2.64. The second-order valence-electron chi connectivity index (χ2n) is 8.26. The number of hydrogen-bond acceptors (Lipinski definition) is 5. The summed E-state index contributed by atoms with van der Waals surface area (Å²) in [6.45, 7) is 1.05. The van der Waals surface area contributed by atoms with Crippen LogP contribution in [0.25, 0.3) is 21.9 Å². The first kappa shape index (κ1) is 20.3. The van der Waals surface area contributed by atoms with Crippen LogP contribution in [0.1, 0.15) is 25.7 Å². The maximum absolute atomic E-state index is 12.5. The summed E-state index contributed by atoms with van der Waals surface area (Å²) < 4.78 is 38.5. The molecule has 1 aliphatic carbocycles. The number of fused-ring (bicyclic) bond motifs is 1. The summed E-state index contributed by atoms with van der Waals surface area (Å²) in [7, 11) is -1.45. The van der Waals surface area contributed by atoms with Crippen molar-refractivity contribution < 1.29 is 17.9 Å². The predicted molar refractivity (Wildman–Crippen MR) is 121 cm³/mol. The fourth-order valence-electron chi connectivity index (χ4n) is 4.19. The zero-order valence-corrected chi connectivity index (χ0v) is 18.3. The fraction of sp³-hybridized carbons (Fsp3) is 0.375. The smallest absolute Gasteiger partial charge is 0.216 e. The number of rotatable bonds is 6. The van der Waals surface area contributed by atoms with E-state index in [0.717, 1.165) is 46.2 Å². The highest BCUT2D eigenvalue weighted by Crippen LogP contribution is 2.36. The average Bonchev–Trinajstić information content (AvgIpc) is 3.66. The number of pyridine rings is 1. The summed E-state index contributed by atoms with van der Waals surface area (Å²) in [5.41, 5.74) is 2.09. The van der Waals surface area contributed by atoms with Gasteiger partial charge in [0.25, 0.3) is 0 Å². The number of piperidine rings is 1. The number of hydrogen-bond donors (Lipinski definition) is 0. The topological polar surface area (TPSA) is 68.7 Å². The van der Waals surface area contributed by atoms with Gasteiger partial charge in [0.2, 0.25) is 10.0 Å². The van der Waals surface area contributed by atoms with E-state index in [-0.39, 0.29) is 11.4 Å². The van der Waals surface area contributed by atoms with Crippen LogP contribution in [0.2, 0.25) is 0 Å². The van der Waals surface area contributed by atoms with Crippen molar-refractivity contribution in [3.8, 4) is 22.6 Å². The first-order chi connectivity index (χ1) is 15.0. The van der Waals surface area contributed by atoms with Crippen molar-refractivity contribution >= 4 is 20.8 Å². The Kier molecular flexibility index (Phi) is 5.32. The van der Waals surface area contributed by atoms with Gasteiger partial charge < -0.3 is 9.47 Å². The maximum atomic E-state index is 12.5. The second-order valence-corrected chi connectivity index (χ2v) is 10.5. The van der Waals surface area contributed by atoms with Gasteiger partial charge in [0.15, 0.2) is 0 Å². The van der Waals surface area contributed by atoms with Gasteiger partial charge in [-0.15, -0.1) is 0 Å². The van der Waals surface area contributed by atoms with Crippen LogP contribution < -0.4 is 9.47 Å². The molecular weight excluding hydrogens is 412 g/mol. The van der Waals surface area contributed by atoms with E-state index in [1.165, 1.54) is 0 Å². The number of nitrogens with zero attached hydrogens (tertiary/aromatic N) is 2. The first-order valence-corrected chi connectivity index (χ1v) is 12.2. The van der Waals surface area contributed by atoms with Crippen molar-refractivity contribution in [3.63, 3.8) is 0 Å². The van der Waals surface area contributed by atoms with Gasteiger partial charge in [0.05, 0.1) is 12.4 Å². The van der Waals surface area contributed by atoms with Gasteiger partial charge in [-0.3, -0.25) is 4.98 Å². The molecule has 0 amide bonds. The second kappa shape index (κ2) is 8.13. The van der Waals surface area contributed by atoms with Crippen LogP contribution in [-0.4, -0.2) is 49.3 Å². The third-order valence-electron chi connectivity index (χ3n) is 6.12. The molecular formula is C24H26N2O4S. The molecule has 0 radical (unpaired) electrons. The van der Waals surface area contributed by atoms with E-state index in [9.17, 15) is 8.42 Å². The van der Waals surface area contributed by atoms with Crippen LogP contribution in [0.4, 0.5) is 0 Å². The van der Waals surface area contributed by atoms with Crippen molar-refractivity contribution in [2.75, 3.05) is 20.2 Å². The highest BCUT2D eigenvalue weighted by molar-refractivity contribution is 7.90. The molecule has 31 heavy (non-hydrogen) atoms. The van der Waals surface area contributed by atoms with E-state index >= 15 is 0 Å². The van der Waals surface area contributed by atoms with E-state index in [2.05, 4.69) is 17.1 Å². The van der Waals surface area contributed by atoms with Crippen molar-refractivity contribution in [3.05, 3.63) is 54.9 Å². The minimum absolute atomic E-state index is 0.0189. The standard InChI is InChI=1S/C24H26N2O4S/c1-29-21-4-2-3-17(14-21)19-13-18-7-10-25-16-23(18)24(15-19)30-20-8-11-26(12-9-20)31(27,28)22-5-6-22/h2-4,7,10,13-16,20,22H,5-6,8-9,11-12H2,1H3. The lowest BCUT2D eigenvalue weighted by atomic mass is 10.0. The lowest BCUT2D eigenvalue weighted by Gasteiger charge is -2.31. The van der Waals surface area contributed by atoms with Crippen LogP contribution in [0, 0.1) is 0 Å². The molecule has 0 spiro atoms. The molecule has 0 bridgehead atoms. The minimum atomic E-state index is -3.11. The van der Waals surface area contributed by atoms with Gasteiger partial charge in [-0.25, -0.2) is 12.7 Å². The van der Waals surface area contributed by atoms with Crippen molar-refractivity contribution in [1.29, 1.82) is 0 Å². The molecule has 5 rings (SSSR count). The summed E-state index contributed by atoms with van der Waals surface area (Å²) in [5.74, 6) is 1.59. The highest BCUT2D eigenvalue weighted by Gasteiger charge is 2.41. The monoisotopic (exact) mass is 438 g/mol. The number of aromatic nitrogens is 1. The Morgan fingerprint density at radius 3 is 2.55 bits per heavy atom. The van der Waals surface area contributed by atoms with E-state index in [0.29, 0.717) is 25.9 Å². The Labute approximate surface area is 182 Å². The number of ether oxygens (including phenoxy) is 2. The quantitative estimate of drug-likeness (QED) is 0.576. The average molecular weight is 439 g/mol. The SMILES string of the molecule is COc1cccc(-c2cc(OC3CCN(S(=O)(=O)C4CC4)CC3)c3cnccc3c2)c1. The van der Waals surface area contributed by atoms with Crippen LogP contribution in [0.3, 0.4) is 0 Å². The Balaban J connectivity index is 1.40. The van der Waals surface area contributed by atoms with E-state index in [1.807, 2.05) is 36.5 Å². The molecule has 0 atom stereocenters. The van der Waals surface area contributed by atoms with Crippen LogP contribution in [0.5, 0.6) is 11.5 Å². The lowest BCUT2D eigenvalue weighted by molar-refractivity contribution is 0.137. The number of benzene rings is 2. The molecule has 1 aliphatic heterocycles. The van der Waals surface area contributed by atoms with Crippen LogP contribution in [-0.2, 0) is 10.0 Å². The third kappa shape index (κ3) is 4.12. The zero-order valence-electron chi connectivity index (χ0n) is 17.5. The summed E-state index contributed by atoms with van der Waals surface area (Å²) in [6.07, 6.45) is 6.57. The van der Waals surface area contributed by atoms with Crippen molar-refractivity contribution in [2.45, 2.75) is 37.0 Å². The van der Waals surface area contributed by atoms with Gasteiger partial charge in [0.1, 0.15) is 17.6 Å². The van der Waals surface area contributed by atoms with Crippen LogP contribution in [0.15, 0.2) is 54.9 Å². The fourth-order valence-corrected chi connectivity index (χ4v) is 6.07. The summed E-state index contributed by atoms with van der Waals surface area (Å²) in [5, 5.41) is 1.86. The van der Waals surface area contributed by atoms with Gasteiger partial charge in [-0.2, -0.15) is 0 Å². The number of sulfonamides is 1. The van der Waals surface area contributed by atoms with E-state index in [1.54, 1.807) is 17.6 Å². The summed E-state index contributed by atoms with van der Waals surface area (Å²) in [4.78, 5) is 4.28. The molecule has 2 aromatic carbocycles. The Bertz CT molecular complexity index is 1200. The summed E-state index contributed by atoms with van der Waals surface area (Å²) in [6, 6.07) is 14.1. The third-order valence-corrected chi connectivity index (χ3v) is 8.52. The molecule has 1 saturated carbocycles. The number of methoxy groups -OCH3 is 1. The molecule has 2 heterocycles. The van der Waals surface area contributed by atoms with Gasteiger partial charge in [0, 0.05) is 30.9 Å². The van der Waals surface area contributed by atoms with Gasteiger partial charge in [-0.05, 0) is 72.5 Å². The molecule has 0 N–H and O–H groups in total. The first-order valence-electron chi connectivity index (χ1n) is 10.7. The molecule has 7 heteroatoms. The minimum Gasteiger partial charge on any atom is -0.497 e. The summed E-state index contributed by atoms with van der Waals surface area (Å²) >= 11 is 0. The van der Waals surface area contributed by atoms with E-state index in [4.69, 9.17) is 9.47 Å². The maximum Gasteiger partial charge on any atom is 0.216 e. The molecule has 6 nitrogen and oxygen atoms in total. The molecule has 3 aromatic rings. The Morgan fingerprint density at radius 2 is 1.81 bits per heavy atom. The molecule has 2 aliphatic rings. The van der Waals surface area contributed by atoms with Gasteiger partial charge in [-0.1, -0.05) is 12.1 Å². The largest absolute Gasteiger partial charge is 0.497 e. The normalized spacial score (nSPS) is 18.2. The van der Waals surface area contributed by atoms with Crippen molar-refractivity contribution in [1.82, 2.24) is 9.29 Å².